The third-order valence-electron chi connectivity index (χ3n) is 2.46. The molecule has 0 spiro atoms. The lowest BCUT2D eigenvalue weighted by molar-refractivity contribution is 0.488. The first-order valence-electron chi connectivity index (χ1n) is 4.35. The Kier molecular flexibility index (Phi) is 2.36. The molecule has 1 aliphatic carbocycles. The average Bonchev–Trinajstić information content (AvgIpc) is 2.12. The predicted octanol–water partition coefficient (Wildman–Crippen LogP) is 1.64. The first kappa shape index (κ1) is 9.12. The van der Waals surface area contributed by atoms with E-state index in [4.69, 9.17) is 11.5 Å². The van der Waals surface area contributed by atoms with Crippen molar-refractivity contribution in [3.63, 3.8) is 0 Å². The van der Waals surface area contributed by atoms with Gasteiger partial charge in [-0.3, -0.25) is 4.98 Å². The van der Waals surface area contributed by atoms with Gasteiger partial charge in [-0.05, 0) is 40.4 Å². The third kappa shape index (κ3) is 1.61. The molecule has 0 radical (unpaired) electrons. The van der Waals surface area contributed by atoms with Crippen molar-refractivity contribution in [3.05, 3.63) is 28.0 Å². The normalized spacial score (nSPS) is 27.0. The Balaban J connectivity index is 2.50. The monoisotopic (exact) mass is 241 g/mol. The van der Waals surface area contributed by atoms with Gasteiger partial charge in [0.1, 0.15) is 0 Å². The lowest BCUT2D eigenvalue weighted by atomic mass is 9.89. The topological polar surface area (TPSA) is 64.9 Å². The van der Waals surface area contributed by atoms with Gasteiger partial charge in [0.05, 0.1) is 5.69 Å². The van der Waals surface area contributed by atoms with Crippen molar-refractivity contribution in [2.24, 2.45) is 11.5 Å². The highest BCUT2D eigenvalue weighted by molar-refractivity contribution is 9.10. The molecule has 1 aromatic heterocycles. The lowest BCUT2D eigenvalue weighted by Crippen LogP contribution is -2.25. The summed E-state index contributed by atoms with van der Waals surface area (Å²) in [7, 11) is 0. The number of nitrogens with two attached hydrogens (primary N) is 2. The van der Waals surface area contributed by atoms with E-state index in [1.54, 1.807) is 6.20 Å². The molecule has 3 nitrogen and oxygen atoms in total. The Labute approximate surface area is 85.7 Å². The molecule has 0 unspecified atom stereocenters. The summed E-state index contributed by atoms with van der Waals surface area (Å²) in [6, 6.07) is 2.18. The van der Waals surface area contributed by atoms with E-state index in [-0.39, 0.29) is 12.1 Å². The Hall–Kier alpha value is -0.450. The minimum atomic E-state index is 0.0582. The van der Waals surface area contributed by atoms with Gasteiger partial charge in [-0.2, -0.15) is 0 Å². The molecule has 1 heterocycles. The van der Waals surface area contributed by atoms with E-state index in [9.17, 15) is 0 Å². The summed E-state index contributed by atoms with van der Waals surface area (Å²) in [5.74, 6) is 0. The molecule has 0 fully saturated rings. The molecule has 0 aliphatic heterocycles. The van der Waals surface area contributed by atoms with Gasteiger partial charge in [-0.25, -0.2) is 0 Å². The van der Waals surface area contributed by atoms with Crippen LogP contribution in [0.25, 0.3) is 0 Å². The van der Waals surface area contributed by atoms with E-state index in [1.807, 2.05) is 6.07 Å². The maximum absolute atomic E-state index is 5.96. The summed E-state index contributed by atoms with van der Waals surface area (Å²) in [6.07, 6.45) is 3.66. The second-order valence-electron chi connectivity index (χ2n) is 3.42. The van der Waals surface area contributed by atoms with Crippen molar-refractivity contribution in [2.45, 2.75) is 24.9 Å². The van der Waals surface area contributed by atoms with Gasteiger partial charge in [0.15, 0.2) is 0 Å². The molecule has 0 bridgehead atoms. The van der Waals surface area contributed by atoms with Crippen LogP contribution in [0.2, 0.25) is 0 Å². The quantitative estimate of drug-likeness (QED) is 0.726. The minimum Gasteiger partial charge on any atom is -0.324 e. The zero-order valence-corrected chi connectivity index (χ0v) is 8.79. The van der Waals surface area contributed by atoms with Gasteiger partial charge in [-0.15, -0.1) is 0 Å². The largest absolute Gasteiger partial charge is 0.324 e. The van der Waals surface area contributed by atoms with Crippen LogP contribution < -0.4 is 11.5 Å². The van der Waals surface area contributed by atoms with E-state index < -0.39 is 0 Å². The van der Waals surface area contributed by atoms with E-state index >= 15 is 0 Å². The van der Waals surface area contributed by atoms with Crippen LogP contribution in [0.15, 0.2) is 16.7 Å². The van der Waals surface area contributed by atoms with Crippen LogP contribution in [-0.4, -0.2) is 4.98 Å². The van der Waals surface area contributed by atoms with Crippen LogP contribution >= 0.6 is 15.9 Å². The van der Waals surface area contributed by atoms with Crippen LogP contribution in [0.3, 0.4) is 0 Å². The molecule has 4 heteroatoms. The zero-order valence-electron chi connectivity index (χ0n) is 7.20. The Bertz CT molecular complexity index is 327. The fourth-order valence-corrected chi connectivity index (χ4v) is 2.07. The Morgan fingerprint density at radius 1 is 1.31 bits per heavy atom. The average molecular weight is 242 g/mol. The van der Waals surface area contributed by atoms with Gasteiger partial charge in [0.2, 0.25) is 0 Å². The summed E-state index contributed by atoms with van der Waals surface area (Å²) in [5.41, 5.74) is 13.9. The molecule has 2 rings (SSSR count). The summed E-state index contributed by atoms with van der Waals surface area (Å²) in [4.78, 5) is 4.30. The summed E-state index contributed by atoms with van der Waals surface area (Å²) in [6.45, 7) is 0. The second-order valence-corrected chi connectivity index (χ2v) is 4.33. The van der Waals surface area contributed by atoms with Gasteiger partial charge in [0.25, 0.3) is 0 Å². The number of aromatic nitrogens is 1. The van der Waals surface area contributed by atoms with Gasteiger partial charge >= 0.3 is 0 Å². The van der Waals surface area contributed by atoms with Crippen molar-refractivity contribution in [1.29, 1.82) is 0 Å². The number of hydrogen-bond donors (Lipinski definition) is 2. The van der Waals surface area contributed by atoms with Crippen molar-refractivity contribution in [2.75, 3.05) is 0 Å². The van der Waals surface area contributed by atoms with E-state index in [1.165, 1.54) is 0 Å². The van der Waals surface area contributed by atoms with Gasteiger partial charge < -0.3 is 11.5 Å². The van der Waals surface area contributed by atoms with Crippen molar-refractivity contribution >= 4 is 15.9 Å². The maximum Gasteiger partial charge on any atom is 0.0619 e. The summed E-state index contributed by atoms with van der Waals surface area (Å²) >= 11 is 3.38. The molecule has 13 heavy (non-hydrogen) atoms. The minimum absolute atomic E-state index is 0.0582. The van der Waals surface area contributed by atoms with Crippen molar-refractivity contribution in [3.8, 4) is 0 Å². The van der Waals surface area contributed by atoms with Crippen LogP contribution in [0, 0.1) is 0 Å². The molecule has 0 saturated carbocycles. The molecule has 4 N–H and O–H groups in total. The van der Waals surface area contributed by atoms with Crippen LogP contribution in [-0.2, 0) is 0 Å². The fraction of sp³-hybridized carbons (Fsp3) is 0.444. The molecule has 1 aliphatic rings. The molecule has 1 aromatic rings. The molecular weight excluding hydrogens is 230 g/mol. The van der Waals surface area contributed by atoms with Gasteiger partial charge in [0, 0.05) is 22.8 Å². The van der Waals surface area contributed by atoms with Crippen LogP contribution in [0.5, 0.6) is 0 Å². The highest BCUT2D eigenvalue weighted by atomic mass is 79.9. The number of nitrogens with zero attached hydrogens (tertiary/aromatic N) is 1. The number of hydrogen-bond acceptors (Lipinski definition) is 3. The molecule has 0 amide bonds. The van der Waals surface area contributed by atoms with Crippen LogP contribution in [0.4, 0.5) is 0 Å². The third-order valence-corrected chi connectivity index (χ3v) is 2.89. The molecule has 0 aromatic carbocycles. The van der Waals surface area contributed by atoms with Crippen molar-refractivity contribution < 1.29 is 0 Å². The van der Waals surface area contributed by atoms with Crippen LogP contribution in [0.1, 0.15) is 36.2 Å². The SMILES string of the molecule is N[C@@H]1CC[C@H](N)c2ncc(Br)cc21. The Morgan fingerprint density at radius 3 is 2.77 bits per heavy atom. The van der Waals surface area contributed by atoms with Crippen molar-refractivity contribution in [1.82, 2.24) is 4.98 Å². The standard InChI is InChI=1S/C9H12BrN3/c10-5-3-6-7(11)1-2-8(12)9(6)13-4-5/h3-4,7-8H,1-2,11-12H2/t7-,8+/m1/s1. The molecule has 70 valence electrons. The second kappa shape index (κ2) is 3.36. The van der Waals surface area contributed by atoms with E-state index in [2.05, 4.69) is 20.9 Å². The predicted molar refractivity (Wildman–Crippen MR) is 55.0 cm³/mol. The zero-order chi connectivity index (χ0) is 9.42. The highest BCUT2D eigenvalue weighted by Crippen LogP contribution is 2.33. The first-order valence-corrected chi connectivity index (χ1v) is 5.14. The lowest BCUT2D eigenvalue weighted by Gasteiger charge is -2.25. The fourth-order valence-electron chi connectivity index (χ4n) is 1.72. The smallest absolute Gasteiger partial charge is 0.0619 e. The molecule has 2 atom stereocenters. The molecule has 0 saturated heterocycles. The maximum atomic E-state index is 5.96. The number of rotatable bonds is 0. The number of halogens is 1. The highest BCUT2D eigenvalue weighted by Gasteiger charge is 2.23. The van der Waals surface area contributed by atoms with E-state index in [0.29, 0.717) is 0 Å². The number of fused-ring (bicyclic) bond motifs is 1. The molecular formula is C9H12BrN3. The summed E-state index contributed by atoms with van der Waals surface area (Å²) < 4.78 is 0.968. The number of pyridine rings is 1. The Morgan fingerprint density at radius 2 is 2.00 bits per heavy atom. The summed E-state index contributed by atoms with van der Waals surface area (Å²) in [5, 5.41) is 0. The van der Waals surface area contributed by atoms with Gasteiger partial charge in [-0.1, -0.05) is 0 Å². The van der Waals surface area contributed by atoms with E-state index in [0.717, 1.165) is 28.6 Å². The first-order chi connectivity index (χ1) is 6.18.